The van der Waals surface area contributed by atoms with E-state index in [9.17, 15) is 4.79 Å². The van der Waals surface area contributed by atoms with Crippen LogP contribution >= 0.6 is 0 Å². The summed E-state index contributed by atoms with van der Waals surface area (Å²) in [5, 5.41) is 2.16. The molecule has 1 atom stereocenters. The monoisotopic (exact) mass is 377 g/mol. The lowest BCUT2D eigenvalue weighted by molar-refractivity contribution is -0.128. The van der Waals surface area contributed by atoms with Gasteiger partial charge < -0.3 is 15.2 Å². The Bertz CT molecular complexity index is 1010. The number of nitrogens with zero attached hydrogens (tertiary/aromatic N) is 2. The third-order valence-electron chi connectivity index (χ3n) is 4.81. The lowest BCUT2D eigenvalue weighted by Gasteiger charge is -2.35. The zero-order valence-electron chi connectivity index (χ0n) is 16.0. The molecule has 1 aliphatic rings. The van der Waals surface area contributed by atoms with Gasteiger partial charge in [-0.15, -0.1) is 0 Å². The standard InChI is InChI=1S/C22H23N3O3/c1-14(2)20-22(26)25(21-18(28-20)10-11-19(23)24-21)12-13-27-17-9-5-7-15-6-3-4-8-16(15)17/h3-11,14,20H,12-13H2,1-2H3,(H2,23,24). The van der Waals surface area contributed by atoms with Crippen molar-refractivity contribution in [3.8, 4) is 11.5 Å². The molecule has 0 radical (unpaired) electrons. The second-order valence-corrected chi connectivity index (χ2v) is 7.16. The molecule has 4 rings (SSSR count). The zero-order chi connectivity index (χ0) is 19.7. The number of nitrogen functional groups attached to an aromatic ring is 1. The Hall–Kier alpha value is -3.28. The maximum atomic E-state index is 13.0. The van der Waals surface area contributed by atoms with E-state index >= 15 is 0 Å². The molecule has 2 aromatic carbocycles. The van der Waals surface area contributed by atoms with Crippen molar-refractivity contribution in [2.45, 2.75) is 20.0 Å². The molecule has 2 heterocycles. The van der Waals surface area contributed by atoms with Crippen LogP contribution in [-0.4, -0.2) is 30.1 Å². The van der Waals surface area contributed by atoms with E-state index in [1.54, 1.807) is 17.0 Å². The molecule has 144 valence electrons. The van der Waals surface area contributed by atoms with Crippen LogP contribution < -0.4 is 20.1 Å². The smallest absolute Gasteiger partial charge is 0.269 e. The predicted octanol–water partition coefficient (Wildman–Crippen LogP) is 3.65. The van der Waals surface area contributed by atoms with Gasteiger partial charge in [-0.05, 0) is 29.5 Å². The SMILES string of the molecule is CC(C)C1Oc2ccc(N)nc2N(CCOc2cccc3ccccc23)C1=O. The molecule has 0 fully saturated rings. The number of hydrogen-bond donors (Lipinski definition) is 1. The molecule has 6 heteroatoms. The Labute approximate surface area is 163 Å². The van der Waals surface area contributed by atoms with Crippen molar-refractivity contribution in [1.29, 1.82) is 0 Å². The Morgan fingerprint density at radius 2 is 1.93 bits per heavy atom. The van der Waals surface area contributed by atoms with Crippen molar-refractivity contribution in [3.63, 3.8) is 0 Å². The fourth-order valence-corrected chi connectivity index (χ4v) is 3.39. The number of amides is 1. The largest absolute Gasteiger partial charge is 0.491 e. The minimum atomic E-state index is -0.546. The van der Waals surface area contributed by atoms with Gasteiger partial charge in [0.2, 0.25) is 0 Å². The minimum Gasteiger partial charge on any atom is -0.491 e. The lowest BCUT2D eigenvalue weighted by atomic mass is 10.0. The van der Waals surface area contributed by atoms with Gasteiger partial charge in [0.1, 0.15) is 18.2 Å². The van der Waals surface area contributed by atoms with Crippen LogP contribution in [0.4, 0.5) is 11.6 Å². The van der Waals surface area contributed by atoms with Crippen molar-refractivity contribution < 1.29 is 14.3 Å². The van der Waals surface area contributed by atoms with E-state index in [-0.39, 0.29) is 11.8 Å². The highest BCUT2D eigenvalue weighted by Crippen LogP contribution is 2.34. The maximum Gasteiger partial charge on any atom is 0.269 e. The summed E-state index contributed by atoms with van der Waals surface area (Å²) in [5.41, 5.74) is 5.83. The first kappa shape index (κ1) is 18.1. The van der Waals surface area contributed by atoms with Crippen LogP contribution in [0.3, 0.4) is 0 Å². The molecule has 6 nitrogen and oxygen atoms in total. The number of nitrogens with two attached hydrogens (primary N) is 1. The Balaban J connectivity index is 1.56. The van der Waals surface area contributed by atoms with Gasteiger partial charge in [0.25, 0.3) is 5.91 Å². The van der Waals surface area contributed by atoms with E-state index in [0.29, 0.717) is 30.5 Å². The molecule has 0 bridgehead atoms. The second-order valence-electron chi connectivity index (χ2n) is 7.16. The summed E-state index contributed by atoms with van der Waals surface area (Å²) in [5.74, 6) is 2.07. The van der Waals surface area contributed by atoms with Crippen LogP contribution in [0.15, 0.2) is 54.6 Å². The Morgan fingerprint density at radius 1 is 1.14 bits per heavy atom. The highest BCUT2D eigenvalue weighted by Gasteiger charge is 2.37. The molecule has 0 saturated carbocycles. The molecule has 1 amide bonds. The molecule has 1 aliphatic heterocycles. The number of ether oxygens (including phenoxy) is 2. The average molecular weight is 377 g/mol. The fraction of sp³-hybridized carbons (Fsp3) is 0.273. The van der Waals surface area contributed by atoms with Crippen LogP contribution in [0, 0.1) is 5.92 Å². The van der Waals surface area contributed by atoms with Gasteiger partial charge in [-0.1, -0.05) is 50.2 Å². The second kappa shape index (κ2) is 7.38. The number of hydrogen-bond acceptors (Lipinski definition) is 5. The highest BCUT2D eigenvalue weighted by atomic mass is 16.5. The van der Waals surface area contributed by atoms with Gasteiger partial charge in [-0.2, -0.15) is 0 Å². The van der Waals surface area contributed by atoms with Gasteiger partial charge >= 0.3 is 0 Å². The number of fused-ring (bicyclic) bond motifs is 2. The summed E-state index contributed by atoms with van der Waals surface area (Å²) in [4.78, 5) is 18.9. The Morgan fingerprint density at radius 3 is 2.75 bits per heavy atom. The molecule has 0 spiro atoms. The van der Waals surface area contributed by atoms with Crippen molar-refractivity contribution in [3.05, 3.63) is 54.6 Å². The number of rotatable bonds is 5. The summed E-state index contributed by atoms with van der Waals surface area (Å²) in [7, 11) is 0. The van der Waals surface area contributed by atoms with Gasteiger partial charge in [0.15, 0.2) is 17.7 Å². The number of carbonyl (C=O) groups is 1. The number of pyridine rings is 1. The van der Waals surface area contributed by atoms with Crippen molar-refractivity contribution in [2.75, 3.05) is 23.8 Å². The van der Waals surface area contributed by atoms with Crippen LogP contribution in [0.1, 0.15) is 13.8 Å². The van der Waals surface area contributed by atoms with Gasteiger partial charge in [-0.25, -0.2) is 4.98 Å². The van der Waals surface area contributed by atoms with Gasteiger partial charge in [-0.3, -0.25) is 9.69 Å². The van der Waals surface area contributed by atoms with Crippen molar-refractivity contribution >= 4 is 28.3 Å². The minimum absolute atomic E-state index is 0.0414. The molecule has 0 saturated heterocycles. The molecule has 2 N–H and O–H groups in total. The Kier molecular flexibility index (Phi) is 4.77. The van der Waals surface area contributed by atoms with Crippen LogP contribution in [0.25, 0.3) is 10.8 Å². The molecular weight excluding hydrogens is 354 g/mol. The zero-order valence-corrected chi connectivity index (χ0v) is 16.0. The van der Waals surface area contributed by atoms with E-state index in [0.717, 1.165) is 16.5 Å². The third-order valence-corrected chi connectivity index (χ3v) is 4.81. The molecule has 1 unspecified atom stereocenters. The first-order valence-electron chi connectivity index (χ1n) is 9.39. The number of anilines is 2. The summed E-state index contributed by atoms with van der Waals surface area (Å²) in [6.45, 7) is 4.62. The van der Waals surface area contributed by atoms with E-state index < -0.39 is 6.10 Å². The number of carbonyl (C=O) groups excluding carboxylic acids is 1. The van der Waals surface area contributed by atoms with Crippen molar-refractivity contribution in [2.24, 2.45) is 5.92 Å². The third kappa shape index (κ3) is 3.33. The van der Waals surface area contributed by atoms with E-state index in [1.807, 2.05) is 56.3 Å². The van der Waals surface area contributed by atoms with E-state index in [2.05, 4.69) is 4.98 Å². The van der Waals surface area contributed by atoms with Crippen LogP contribution in [0.5, 0.6) is 11.5 Å². The number of benzene rings is 2. The van der Waals surface area contributed by atoms with Crippen LogP contribution in [-0.2, 0) is 4.79 Å². The maximum absolute atomic E-state index is 13.0. The fourth-order valence-electron chi connectivity index (χ4n) is 3.39. The molecule has 3 aromatic rings. The molecule has 28 heavy (non-hydrogen) atoms. The topological polar surface area (TPSA) is 77.7 Å². The molecular formula is C22H23N3O3. The first-order chi connectivity index (χ1) is 13.5. The summed E-state index contributed by atoms with van der Waals surface area (Å²) in [6, 6.07) is 17.4. The van der Waals surface area contributed by atoms with E-state index in [1.165, 1.54) is 0 Å². The summed E-state index contributed by atoms with van der Waals surface area (Å²) in [6.07, 6.45) is -0.546. The predicted molar refractivity (Wildman–Crippen MR) is 110 cm³/mol. The normalized spacial score (nSPS) is 16.2. The summed E-state index contributed by atoms with van der Waals surface area (Å²) >= 11 is 0. The van der Waals surface area contributed by atoms with E-state index in [4.69, 9.17) is 15.2 Å². The molecule has 0 aliphatic carbocycles. The van der Waals surface area contributed by atoms with Gasteiger partial charge in [0.05, 0.1) is 6.54 Å². The average Bonchev–Trinajstić information content (AvgIpc) is 2.69. The summed E-state index contributed by atoms with van der Waals surface area (Å²) < 4.78 is 11.9. The lowest BCUT2D eigenvalue weighted by Crippen LogP contribution is -2.50. The molecule has 1 aromatic heterocycles. The highest BCUT2D eigenvalue weighted by molar-refractivity contribution is 5.99. The van der Waals surface area contributed by atoms with Gasteiger partial charge in [0, 0.05) is 5.39 Å². The number of aromatic nitrogens is 1. The van der Waals surface area contributed by atoms with Crippen LogP contribution in [0.2, 0.25) is 0 Å². The quantitative estimate of drug-likeness (QED) is 0.734. The first-order valence-corrected chi connectivity index (χ1v) is 9.39. The van der Waals surface area contributed by atoms with Crippen molar-refractivity contribution in [1.82, 2.24) is 4.98 Å².